The quantitative estimate of drug-likeness (QED) is 0.315. The van der Waals surface area contributed by atoms with Crippen LogP contribution in [0.15, 0.2) is 0 Å². The predicted octanol–water partition coefficient (Wildman–Crippen LogP) is 5.32. The molecular formula is C17H28. The van der Waals surface area contributed by atoms with Crippen LogP contribution in [0, 0.1) is 24.7 Å². The van der Waals surface area contributed by atoms with Gasteiger partial charge < -0.3 is 0 Å². The highest BCUT2D eigenvalue weighted by Crippen LogP contribution is 2.12. The molecule has 0 aromatic carbocycles. The summed E-state index contributed by atoms with van der Waals surface area (Å²) in [5.74, 6) is 5.39. The van der Waals surface area contributed by atoms with Gasteiger partial charge in [-0.25, -0.2) is 0 Å². The van der Waals surface area contributed by atoms with Crippen molar-refractivity contribution in [3.63, 3.8) is 0 Å². The van der Waals surface area contributed by atoms with Crippen LogP contribution in [-0.4, -0.2) is 0 Å². The van der Waals surface area contributed by atoms with Crippen LogP contribution in [0.25, 0.3) is 0 Å². The van der Waals surface area contributed by atoms with Gasteiger partial charge in [0, 0.05) is 12.8 Å². The van der Waals surface area contributed by atoms with Crippen LogP contribution in [0.3, 0.4) is 0 Å². The van der Waals surface area contributed by atoms with Gasteiger partial charge in [-0.15, -0.1) is 24.7 Å². The molecule has 0 aliphatic rings. The third-order valence-corrected chi connectivity index (χ3v) is 3.14. The highest BCUT2D eigenvalue weighted by Gasteiger charge is 1.92. The summed E-state index contributed by atoms with van der Waals surface area (Å²) in [5, 5.41) is 0. The maximum absolute atomic E-state index is 5.21. The van der Waals surface area contributed by atoms with Crippen LogP contribution in [0.1, 0.15) is 83.5 Å². The van der Waals surface area contributed by atoms with E-state index in [1.807, 2.05) is 0 Å². The summed E-state index contributed by atoms with van der Waals surface area (Å²) in [7, 11) is 0. The molecule has 0 aliphatic carbocycles. The lowest BCUT2D eigenvalue weighted by atomic mass is 10.0. The van der Waals surface area contributed by atoms with E-state index in [1.165, 1.54) is 70.6 Å². The van der Waals surface area contributed by atoms with Crippen molar-refractivity contribution < 1.29 is 0 Å². The average Bonchev–Trinajstić information content (AvgIpc) is 2.35. The summed E-state index contributed by atoms with van der Waals surface area (Å²) in [6, 6.07) is 0. The largest absolute Gasteiger partial charge is 0.120 e. The van der Waals surface area contributed by atoms with E-state index in [0.29, 0.717) is 0 Å². The summed E-state index contributed by atoms with van der Waals surface area (Å²) in [6.45, 7) is 0. The molecule has 0 N–H and O–H groups in total. The lowest BCUT2D eigenvalue weighted by Crippen LogP contribution is -1.82. The van der Waals surface area contributed by atoms with Crippen molar-refractivity contribution in [3.8, 4) is 24.7 Å². The molecule has 0 rings (SSSR count). The molecule has 0 atom stereocenters. The van der Waals surface area contributed by atoms with Crippen molar-refractivity contribution in [2.24, 2.45) is 0 Å². The smallest absolute Gasteiger partial charge is 0.00860 e. The Morgan fingerprint density at radius 3 is 0.882 bits per heavy atom. The molecule has 0 saturated carbocycles. The number of terminal acetylenes is 2. The van der Waals surface area contributed by atoms with Gasteiger partial charge in [0.05, 0.1) is 0 Å². The highest BCUT2D eigenvalue weighted by molar-refractivity contribution is 4.83. The summed E-state index contributed by atoms with van der Waals surface area (Å²) in [5.41, 5.74) is 0. The molecule has 17 heavy (non-hydrogen) atoms. The van der Waals surface area contributed by atoms with E-state index in [9.17, 15) is 0 Å². The van der Waals surface area contributed by atoms with E-state index < -0.39 is 0 Å². The van der Waals surface area contributed by atoms with Crippen molar-refractivity contribution >= 4 is 0 Å². The molecule has 0 bridgehead atoms. The summed E-state index contributed by atoms with van der Waals surface area (Å²) in [6.07, 6.45) is 27.1. The van der Waals surface area contributed by atoms with Gasteiger partial charge in [-0.2, -0.15) is 0 Å². The number of rotatable bonds is 12. The van der Waals surface area contributed by atoms with Crippen LogP contribution in [0.4, 0.5) is 0 Å². The van der Waals surface area contributed by atoms with Gasteiger partial charge in [0.25, 0.3) is 0 Å². The van der Waals surface area contributed by atoms with Gasteiger partial charge in [0.2, 0.25) is 0 Å². The first kappa shape index (κ1) is 16.1. The monoisotopic (exact) mass is 232 g/mol. The van der Waals surface area contributed by atoms with E-state index in [1.54, 1.807) is 0 Å². The molecule has 0 heterocycles. The summed E-state index contributed by atoms with van der Waals surface area (Å²) in [4.78, 5) is 0. The van der Waals surface area contributed by atoms with Crippen LogP contribution < -0.4 is 0 Å². The fourth-order valence-electron chi connectivity index (χ4n) is 2.05. The van der Waals surface area contributed by atoms with Crippen molar-refractivity contribution in [1.29, 1.82) is 0 Å². The molecule has 0 radical (unpaired) electrons. The molecule has 0 aromatic heterocycles. The van der Waals surface area contributed by atoms with Gasteiger partial charge in [-0.3, -0.25) is 0 Å². The Kier molecular flexibility index (Phi) is 14.3. The Hall–Kier alpha value is -0.880. The normalized spacial score (nSPS) is 9.76. The van der Waals surface area contributed by atoms with Crippen molar-refractivity contribution in [2.45, 2.75) is 83.5 Å². The van der Waals surface area contributed by atoms with Crippen LogP contribution in [0.5, 0.6) is 0 Å². The molecule has 0 aliphatic heterocycles. The SMILES string of the molecule is C#CCCCCCCCCCCCCCC#C. The van der Waals surface area contributed by atoms with Crippen LogP contribution in [0.2, 0.25) is 0 Å². The first-order chi connectivity index (χ1) is 8.41. The zero-order valence-corrected chi connectivity index (χ0v) is 11.3. The second-order valence-electron chi connectivity index (χ2n) is 4.80. The zero-order valence-electron chi connectivity index (χ0n) is 11.3. The highest BCUT2D eigenvalue weighted by atomic mass is 14.0. The Labute approximate surface area is 109 Å². The summed E-state index contributed by atoms with van der Waals surface area (Å²) < 4.78 is 0. The van der Waals surface area contributed by atoms with E-state index in [0.717, 1.165) is 12.8 Å². The molecule has 0 aromatic rings. The molecule has 0 fully saturated rings. The van der Waals surface area contributed by atoms with Gasteiger partial charge in [-0.1, -0.05) is 57.8 Å². The Balaban J connectivity index is 2.90. The minimum Gasteiger partial charge on any atom is -0.120 e. The zero-order chi connectivity index (χ0) is 12.6. The van der Waals surface area contributed by atoms with Crippen molar-refractivity contribution in [2.75, 3.05) is 0 Å². The van der Waals surface area contributed by atoms with Gasteiger partial charge in [0.1, 0.15) is 0 Å². The Morgan fingerprint density at radius 2 is 0.647 bits per heavy atom. The van der Waals surface area contributed by atoms with Crippen molar-refractivity contribution in [3.05, 3.63) is 0 Å². The molecule has 0 nitrogen and oxygen atoms in total. The second-order valence-corrected chi connectivity index (χ2v) is 4.80. The topological polar surface area (TPSA) is 0 Å². The minimum atomic E-state index is 0.956. The van der Waals surface area contributed by atoms with E-state index in [-0.39, 0.29) is 0 Å². The van der Waals surface area contributed by atoms with Crippen molar-refractivity contribution in [1.82, 2.24) is 0 Å². The minimum absolute atomic E-state index is 0.956. The van der Waals surface area contributed by atoms with Gasteiger partial charge >= 0.3 is 0 Å². The summed E-state index contributed by atoms with van der Waals surface area (Å²) >= 11 is 0. The Bertz CT molecular complexity index is 189. The predicted molar refractivity (Wildman–Crippen MR) is 77.7 cm³/mol. The van der Waals surface area contributed by atoms with E-state index >= 15 is 0 Å². The average molecular weight is 232 g/mol. The van der Waals surface area contributed by atoms with Crippen LogP contribution in [-0.2, 0) is 0 Å². The Morgan fingerprint density at radius 1 is 0.412 bits per heavy atom. The molecule has 0 spiro atoms. The molecule has 0 unspecified atom stereocenters. The molecule has 0 saturated heterocycles. The molecule has 0 amide bonds. The van der Waals surface area contributed by atoms with Crippen LogP contribution >= 0.6 is 0 Å². The number of unbranched alkanes of at least 4 members (excludes halogenated alkanes) is 12. The maximum atomic E-state index is 5.21. The lowest BCUT2D eigenvalue weighted by molar-refractivity contribution is 0.548. The van der Waals surface area contributed by atoms with Gasteiger partial charge in [-0.05, 0) is 12.8 Å². The number of hydrogen-bond acceptors (Lipinski definition) is 0. The second kappa shape index (κ2) is 15.1. The van der Waals surface area contributed by atoms with E-state index in [2.05, 4.69) is 11.8 Å². The fraction of sp³-hybridized carbons (Fsp3) is 0.765. The third-order valence-electron chi connectivity index (χ3n) is 3.14. The van der Waals surface area contributed by atoms with Gasteiger partial charge in [0.15, 0.2) is 0 Å². The first-order valence-corrected chi connectivity index (χ1v) is 7.28. The van der Waals surface area contributed by atoms with E-state index in [4.69, 9.17) is 12.8 Å². The molecule has 0 heteroatoms. The lowest BCUT2D eigenvalue weighted by Gasteiger charge is -2.01. The fourth-order valence-corrected chi connectivity index (χ4v) is 2.05. The standard InChI is InChI=1S/C17H28/c1-3-5-7-9-11-13-15-17-16-14-12-10-8-6-4-2/h1-2H,5-17H2. The maximum Gasteiger partial charge on any atom is 0.00860 e. The third kappa shape index (κ3) is 15.1. The first-order valence-electron chi connectivity index (χ1n) is 7.28. The number of hydrogen-bond donors (Lipinski definition) is 0. The molecular weight excluding hydrogens is 204 g/mol. The molecule has 96 valence electrons.